The van der Waals surface area contributed by atoms with E-state index in [1.165, 1.54) is 14.2 Å². The van der Waals surface area contributed by atoms with Gasteiger partial charge in [-0.2, -0.15) is 0 Å². The molecule has 2 aromatic rings. The van der Waals surface area contributed by atoms with Gasteiger partial charge in [0.15, 0.2) is 0 Å². The van der Waals surface area contributed by atoms with E-state index in [4.69, 9.17) is 20.2 Å². The molecule has 31 heavy (non-hydrogen) atoms. The Labute approximate surface area is 181 Å². The van der Waals surface area contributed by atoms with E-state index in [-0.39, 0.29) is 12.0 Å². The summed E-state index contributed by atoms with van der Waals surface area (Å²) in [4.78, 5) is 32.5. The largest absolute Gasteiger partial charge is 0.467 e. The number of fused-ring (bicyclic) bond motifs is 4. The van der Waals surface area contributed by atoms with E-state index in [2.05, 4.69) is 15.6 Å². The van der Waals surface area contributed by atoms with Gasteiger partial charge in [0, 0.05) is 28.6 Å². The van der Waals surface area contributed by atoms with E-state index in [9.17, 15) is 9.59 Å². The molecule has 2 aliphatic rings. The number of benzene rings is 1. The van der Waals surface area contributed by atoms with Crippen LogP contribution in [-0.2, 0) is 14.3 Å². The van der Waals surface area contributed by atoms with Gasteiger partial charge in [0.1, 0.15) is 11.9 Å². The van der Waals surface area contributed by atoms with Crippen LogP contribution in [0.4, 0.5) is 16.2 Å². The topological polar surface area (TPSA) is 131 Å². The number of aromatic amines is 1. The molecule has 166 valence electrons. The van der Waals surface area contributed by atoms with E-state index in [1.807, 2.05) is 6.07 Å². The first kappa shape index (κ1) is 21.2. The molecule has 9 nitrogen and oxygen atoms in total. The first-order valence-electron chi connectivity index (χ1n) is 10.7. The summed E-state index contributed by atoms with van der Waals surface area (Å²) in [5.74, 6) is 0.902. The SMILES string of the molecule is COC(=O)Nc1ccc2c(c1)N[C@@H](C(=O)OC)CCCC[C@H](N)c1nc-2c(C2CC2)[nH]1. The molecule has 2 bridgehead atoms. The highest BCUT2D eigenvalue weighted by Crippen LogP contribution is 2.45. The van der Waals surface area contributed by atoms with Gasteiger partial charge in [0.2, 0.25) is 0 Å². The van der Waals surface area contributed by atoms with Gasteiger partial charge in [-0.1, -0.05) is 12.8 Å². The average molecular weight is 428 g/mol. The molecule has 0 spiro atoms. The van der Waals surface area contributed by atoms with Crippen molar-refractivity contribution >= 4 is 23.4 Å². The second-order valence-corrected chi connectivity index (χ2v) is 8.15. The third-order valence-corrected chi connectivity index (χ3v) is 5.87. The van der Waals surface area contributed by atoms with Gasteiger partial charge in [-0.15, -0.1) is 0 Å². The summed E-state index contributed by atoms with van der Waals surface area (Å²) in [6.45, 7) is 0. The molecular weight excluding hydrogens is 398 g/mol. The van der Waals surface area contributed by atoms with Crippen molar-refractivity contribution < 1.29 is 19.1 Å². The summed E-state index contributed by atoms with van der Waals surface area (Å²) in [6, 6.07) is 4.78. The molecular formula is C22H29N5O4. The van der Waals surface area contributed by atoms with Crippen LogP contribution in [0.15, 0.2) is 18.2 Å². The van der Waals surface area contributed by atoms with E-state index < -0.39 is 12.1 Å². The maximum atomic E-state index is 12.5. The lowest BCUT2D eigenvalue weighted by Gasteiger charge is -2.21. The summed E-state index contributed by atoms with van der Waals surface area (Å²) < 4.78 is 9.73. The summed E-state index contributed by atoms with van der Waals surface area (Å²) in [5.41, 5.74) is 10.4. The number of amides is 1. The molecule has 0 unspecified atom stereocenters. The fraction of sp³-hybridized carbons (Fsp3) is 0.500. The molecule has 2 atom stereocenters. The zero-order valence-electron chi connectivity index (χ0n) is 17.9. The van der Waals surface area contributed by atoms with E-state index >= 15 is 0 Å². The summed E-state index contributed by atoms with van der Waals surface area (Å²) in [5, 5.41) is 6.02. The number of hydrogen-bond acceptors (Lipinski definition) is 7. The number of carbonyl (C=O) groups is 2. The number of ether oxygens (including phenoxy) is 2. The van der Waals surface area contributed by atoms with Gasteiger partial charge < -0.3 is 25.5 Å². The molecule has 1 saturated carbocycles. The lowest BCUT2D eigenvalue weighted by atomic mass is 10.0. The maximum Gasteiger partial charge on any atom is 0.411 e. The standard InChI is InChI=1S/C22H29N5O4/c1-30-21(28)16-6-4-3-5-15(23)20-26-18(12-7-8-12)19(27-20)14-10-9-13(11-17(14)25-16)24-22(29)31-2/h9-12,15-16,25H,3-8,23H2,1-2H3,(H,24,29)(H,26,27)/t15-,16+/m0/s1. The Bertz CT molecular complexity index is 969. The van der Waals surface area contributed by atoms with Crippen molar-refractivity contribution in [2.75, 3.05) is 24.9 Å². The summed E-state index contributed by atoms with van der Waals surface area (Å²) >= 11 is 0. The third kappa shape index (κ3) is 4.66. The van der Waals surface area contributed by atoms with Crippen molar-refractivity contribution in [1.29, 1.82) is 0 Å². The number of nitrogens with two attached hydrogens (primary N) is 1. The Kier molecular flexibility index (Phi) is 6.13. The number of carbonyl (C=O) groups excluding carboxylic acids is 2. The van der Waals surface area contributed by atoms with Crippen molar-refractivity contribution in [2.45, 2.75) is 56.5 Å². The summed E-state index contributed by atoms with van der Waals surface area (Å²) in [6.07, 6.45) is 4.76. The minimum atomic E-state index is -0.565. The second kappa shape index (κ2) is 8.97. The zero-order chi connectivity index (χ0) is 22.0. The lowest BCUT2D eigenvalue weighted by molar-refractivity contribution is -0.141. The van der Waals surface area contributed by atoms with Crippen molar-refractivity contribution in [2.24, 2.45) is 5.73 Å². The maximum absolute atomic E-state index is 12.5. The predicted octanol–water partition coefficient (Wildman–Crippen LogP) is 3.66. The van der Waals surface area contributed by atoms with Gasteiger partial charge in [0.05, 0.1) is 26.0 Å². The van der Waals surface area contributed by atoms with Crippen molar-refractivity contribution in [1.82, 2.24) is 9.97 Å². The number of imidazole rings is 1. The Hall–Kier alpha value is -3.07. The van der Waals surface area contributed by atoms with Crippen LogP contribution < -0.4 is 16.4 Å². The van der Waals surface area contributed by atoms with Crippen molar-refractivity contribution in [3.63, 3.8) is 0 Å². The molecule has 1 fully saturated rings. The van der Waals surface area contributed by atoms with Crippen molar-refractivity contribution in [3.8, 4) is 11.3 Å². The molecule has 2 heterocycles. The number of esters is 1. The Morgan fingerprint density at radius 2 is 1.90 bits per heavy atom. The molecule has 9 heteroatoms. The van der Waals surface area contributed by atoms with Crippen LogP contribution in [-0.4, -0.2) is 42.3 Å². The molecule has 1 aliphatic heterocycles. The van der Waals surface area contributed by atoms with Gasteiger partial charge in [-0.05, 0) is 43.9 Å². The van der Waals surface area contributed by atoms with E-state index in [1.54, 1.807) is 12.1 Å². The quantitative estimate of drug-likeness (QED) is 0.550. The molecule has 5 N–H and O–H groups in total. The minimum absolute atomic E-state index is 0.182. The fourth-order valence-electron chi connectivity index (χ4n) is 4.00. The number of nitrogens with one attached hydrogen (secondary N) is 3. The number of hydrogen-bond donors (Lipinski definition) is 4. The van der Waals surface area contributed by atoms with Crippen LogP contribution in [0.5, 0.6) is 0 Å². The number of methoxy groups -OCH3 is 2. The molecule has 4 rings (SSSR count). The second-order valence-electron chi connectivity index (χ2n) is 8.15. The molecule has 1 aliphatic carbocycles. The van der Waals surface area contributed by atoms with Gasteiger partial charge in [-0.25, -0.2) is 14.6 Å². The van der Waals surface area contributed by atoms with Crippen LogP contribution >= 0.6 is 0 Å². The van der Waals surface area contributed by atoms with Crippen LogP contribution in [0.25, 0.3) is 11.3 Å². The normalized spacial score (nSPS) is 21.0. The molecule has 1 amide bonds. The fourth-order valence-corrected chi connectivity index (χ4v) is 4.00. The Morgan fingerprint density at radius 3 is 2.61 bits per heavy atom. The highest BCUT2D eigenvalue weighted by atomic mass is 16.5. The molecule has 1 aromatic heterocycles. The zero-order valence-corrected chi connectivity index (χ0v) is 17.9. The van der Waals surface area contributed by atoms with Crippen LogP contribution in [0, 0.1) is 0 Å². The van der Waals surface area contributed by atoms with Gasteiger partial charge >= 0.3 is 12.1 Å². The minimum Gasteiger partial charge on any atom is -0.467 e. The first-order chi connectivity index (χ1) is 15.0. The van der Waals surface area contributed by atoms with Crippen LogP contribution in [0.3, 0.4) is 0 Å². The third-order valence-electron chi connectivity index (χ3n) is 5.87. The Balaban J connectivity index is 1.81. The highest BCUT2D eigenvalue weighted by molar-refractivity contribution is 5.90. The smallest absolute Gasteiger partial charge is 0.411 e. The number of rotatable bonds is 3. The molecule has 0 saturated heterocycles. The number of H-pyrrole nitrogens is 1. The van der Waals surface area contributed by atoms with Gasteiger partial charge in [-0.3, -0.25) is 5.32 Å². The monoisotopic (exact) mass is 427 g/mol. The van der Waals surface area contributed by atoms with E-state index in [0.29, 0.717) is 23.7 Å². The predicted molar refractivity (Wildman–Crippen MR) is 117 cm³/mol. The number of aromatic nitrogens is 2. The van der Waals surface area contributed by atoms with E-state index in [0.717, 1.165) is 54.9 Å². The number of anilines is 2. The van der Waals surface area contributed by atoms with Crippen LogP contribution in [0.1, 0.15) is 62.0 Å². The van der Waals surface area contributed by atoms with Crippen molar-refractivity contribution in [3.05, 3.63) is 29.7 Å². The highest BCUT2D eigenvalue weighted by Gasteiger charge is 2.32. The number of nitrogens with zero attached hydrogens (tertiary/aromatic N) is 1. The molecule has 1 aromatic carbocycles. The van der Waals surface area contributed by atoms with Crippen LogP contribution in [0.2, 0.25) is 0 Å². The van der Waals surface area contributed by atoms with Gasteiger partial charge in [0.25, 0.3) is 0 Å². The lowest BCUT2D eigenvalue weighted by Crippen LogP contribution is -2.31. The first-order valence-corrected chi connectivity index (χ1v) is 10.7. The Morgan fingerprint density at radius 1 is 1.13 bits per heavy atom. The summed E-state index contributed by atoms with van der Waals surface area (Å²) in [7, 11) is 2.70. The molecule has 0 radical (unpaired) electrons. The average Bonchev–Trinajstić information content (AvgIpc) is 3.52.